The van der Waals surface area contributed by atoms with Crippen LogP contribution in [0.25, 0.3) is 28.1 Å². The van der Waals surface area contributed by atoms with Crippen LogP contribution in [-0.4, -0.2) is 114 Å². The van der Waals surface area contributed by atoms with Crippen molar-refractivity contribution in [3.63, 3.8) is 0 Å². The highest BCUT2D eigenvalue weighted by Crippen LogP contribution is 2.61. The molecule has 0 saturated heterocycles. The topological polar surface area (TPSA) is 202 Å². The Balaban J connectivity index is 1.16. The normalized spacial score (nSPS) is 23.0. The summed E-state index contributed by atoms with van der Waals surface area (Å²) in [6.45, 7) is 7.98. The van der Waals surface area contributed by atoms with Crippen LogP contribution in [0.4, 0.5) is 0 Å². The molecule has 4 aromatic carbocycles. The molecule has 5 aliphatic rings. The molecule has 14 nitrogen and oxygen atoms in total. The number of ether oxygens (including phenoxy) is 4. The SMILES string of the molecule is CNCC1=Cc2c(O)ccc3c2C(Cc2c4c(c5c(c2-3)OC(CO)CC5)OC(c2cc(CCCO)c(O)c(OC)c2)C(CNCNCC(C)(O)CC(C)C)(OCNC2CCCCC2)C4)C1c1ccc2[nH]ccc2c1. The van der Waals surface area contributed by atoms with E-state index in [0.717, 1.165) is 74.0 Å². The molecule has 0 radical (unpaired) electrons. The molecule has 10 rings (SSSR count). The summed E-state index contributed by atoms with van der Waals surface area (Å²) >= 11 is 0. The molecular weight excluding hydrogens is 935 g/mol. The number of aromatic hydroxyl groups is 2. The molecule has 0 spiro atoms. The van der Waals surface area contributed by atoms with Crippen molar-refractivity contribution >= 4 is 17.0 Å². The molecule has 6 unspecified atom stereocenters. The number of phenolic OH excluding ortho intramolecular Hbond substituents is 2. The fraction of sp³-hybridized carbons (Fsp3) is 0.533. The number of aryl methyl sites for hydroxylation is 1. The number of methoxy groups -OCH3 is 1. The third kappa shape index (κ3) is 10.3. The van der Waals surface area contributed by atoms with Gasteiger partial charge in [-0.3, -0.25) is 5.32 Å². The number of aliphatic hydroxyl groups excluding tert-OH is 2. The number of H-pyrrole nitrogens is 1. The van der Waals surface area contributed by atoms with E-state index in [2.05, 4.69) is 76.5 Å². The first kappa shape index (κ1) is 52.3. The molecule has 1 fully saturated rings. The number of hydrogen-bond acceptors (Lipinski definition) is 13. The highest BCUT2D eigenvalue weighted by molar-refractivity contribution is 5.90. The summed E-state index contributed by atoms with van der Waals surface area (Å²) in [7, 11) is 3.53. The molecule has 74 heavy (non-hydrogen) atoms. The summed E-state index contributed by atoms with van der Waals surface area (Å²) in [5, 5.41) is 71.0. The quantitative estimate of drug-likeness (QED) is 0.0250. The van der Waals surface area contributed by atoms with Crippen LogP contribution < -0.4 is 35.5 Å². The first-order valence-corrected chi connectivity index (χ1v) is 27.3. The van der Waals surface area contributed by atoms with Crippen molar-refractivity contribution < 1.29 is 44.5 Å². The molecule has 3 heterocycles. The Hall–Kier alpha value is -5.16. The van der Waals surface area contributed by atoms with Crippen molar-refractivity contribution in [2.45, 2.75) is 139 Å². The lowest BCUT2D eigenvalue weighted by atomic mass is 9.62. The van der Waals surface area contributed by atoms with E-state index in [1.165, 1.54) is 30.4 Å². The van der Waals surface area contributed by atoms with Gasteiger partial charge in [-0.05, 0) is 164 Å². The van der Waals surface area contributed by atoms with Gasteiger partial charge in [0.15, 0.2) is 17.6 Å². The van der Waals surface area contributed by atoms with E-state index in [0.29, 0.717) is 100 Å². The molecule has 6 atom stereocenters. The molecule has 398 valence electrons. The Morgan fingerprint density at radius 2 is 1.77 bits per heavy atom. The summed E-state index contributed by atoms with van der Waals surface area (Å²) in [5.41, 5.74) is 9.89. The first-order chi connectivity index (χ1) is 35.8. The van der Waals surface area contributed by atoms with Crippen LogP contribution in [0.3, 0.4) is 0 Å². The third-order valence-corrected chi connectivity index (χ3v) is 16.6. The van der Waals surface area contributed by atoms with Gasteiger partial charge in [0.25, 0.3) is 0 Å². The van der Waals surface area contributed by atoms with E-state index >= 15 is 0 Å². The van der Waals surface area contributed by atoms with Gasteiger partial charge in [0.2, 0.25) is 0 Å². The largest absolute Gasteiger partial charge is 0.507 e. The van der Waals surface area contributed by atoms with E-state index in [1.54, 1.807) is 7.11 Å². The van der Waals surface area contributed by atoms with Crippen molar-refractivity contribution in [1.82, 2.24) is 26.3 Å². The summed E-state index contributed by atoms with van der Waals surface area (Å²) in [6.07, 6.45) is 12.5. The predicted molar refractivity (Wildman–Crippen MR) is 290 cm³/mol. The second-order valence-corrected chi connectivity index (χ2v) is 22.5. The fourth-order valence-corrected chi connectivity index (χ4v) is 13.4. The number of fused-ring (bicyclic) bond motifs is 8. The highest BCUT2D eigenvalue weighted by atomic mass is 16.6. The van der Waals surface area contributed by atoms with Gasteiger partial charge in [-0.1, -0.05) is 45.2 Å². The Morgan fingerprint density at radius 3 is 2.54 bits per heavy atom. The lowest BCUT2D eigenvalue weighted by Gasteiger charge is -2.48. The van der Waals surface area contributed by atoms with Crippen molar-refractivity contribution in [1.29, 1.82) is 0 Å². The Morgan fingerprint density at radius 1 is 0.932 bits per heavy atom. The Labute approximate surface area is 436 Å². The number of rotatable bonds is 21. The molecule has 1 aromatic heterocycles. The van der Waals surface area contributed by atoms with Crippen LogP contribution in [0.15, 0.2) is 60.3 Å². The molecule has 3 aliphatic carbocycles. The third-order valence-electron chi connectivity index (χ3n) is 16.6. The first-order valence-electron chi connectivity index (χ1n) is 27.3. The minimum atomic E-state index is -1.07. The van der Waals surface area contributed by atoms with Crippen molar-refractivity contribution in [3.05, 3.63) is 105 Å². The number of nitrogens with one attached hydrogen (secondary N) is 5. The Bertz CT molecular complexity index is 2830. The highest BCUT2D eigenvalue weighted by Gasteiger charge is 2.52. The van der Waals surface area contributed by atoms with Crippen LogP contribution in [-0.2, 0) is 30.4 Å². The zero-order valence-corrected chi connectivity index (χ0v) is 44.0. The average Bonchev–Trinajstić information content (AvgIpc) is 3.90. The summed E-state index contributed by atoms with van der Waals surface area (Å²) in [4.78, 5) is 3.38. The number of likely N-dealkylation sites (N-methyl/N-ethyl adjacent to an activating group) is 1. The van der Waals surface area contributed by atoms with E-state index in [9.17, 15) is 25.5 Å². The lowest BCUT2D eigenvalue weighted by Crippen LogP contribution is -2.56. The van der Waals surface area contributed by atoms with Crippen LogP contribution in [0, 0.1) is 5.92 Å². The summed E-state index contributed by atoms with van der Waals surface area (Å²) in [6, 6.07) is 16.9. The van der Waals surface area contributed by atoms with Gasteiger partial charge in [-0.15, -0.1) is 0 Å². The molecular formula is C60H79N5O9. The van der Waals surface area contributed by atoms with Crippen molar-refractivity contribution in [3.8, 4) is 39.9 Å². The van der Waals surface area contributed by atoms with Gasteiger partial charge in [0, 0.05) is 85.3 Å². The minimum absolute atomic E-state index is 0.0329. The van der Waals surface area contributed by atoms with Gasteiger partial charge in [0.1, 0.15) is 29.0 Å². The fourth-order valence-electron chi connectivity index (χ4n) is 13.4. The van der Waals surface area contributed by atoms with Gasteiger partial charge in [0.05, 0.1) is 26.0 Å². The summed E-state index contributed by atoms with van der Waals surface area (Å²) < 4.78 is 28.1. The predicted octanol–water partition coefficient (Wildman–Crippen LogP) is 8.15. The number of aromatic amines is 1. The maximum absolute atomic E-state index is 11.8. The molecule has 10 N–H and O–H groups in total. The minimum Gasteiger partial charge on any atom is -0.507 e. The molecule has 14 heteroatoms. The van der Waals surface area contributed by atoms with Gasteiger partial charge >= 0.3 is 0 Å². The maximum Gasteiger partial charge on any atom is 0.161 e. The number of phenols is 2. The zero-order chi connectivity index (χ0) is 51.7. The van der Waals surface area contributed by atoms with Crippen molar-refractivity contribution in [2.75, 3.05) is 60.4 Å². The molecule has 0 amide bonds. The van der Waals surface area contributed by atoms with Crippen LogP contribution in [0.5, 0.6) is 28.7 Å². The second kappa shape index (κ2) is 22.2. The van der Waals surface area contributed by atoms with E-state index in [1.807, 2.05) is 38.4 Å². The van der Waals surface area contributed by atoms with Crippen LogP contribution in [0.2, 0.25) is 0 Å². The monoisotopic (exact) mass is 1010 g/mol. The number of aliphatic hydroxyl groups is 3. The van der Waals surface area contributed by atoms with Gasteiger partial charge < -0.3 is 65.4 Å². The number of aromatic nitrogens is 1. The van der Waals surface area contributed by atoms with Gasteiger partial charge in [-0.2, -0.15) is 0 Å². The van der Waals surface area contributed by atoms with E-state index < -0.39 is 23.4 Å². The second-order valence-electron chi connectivity index (χ2n) is 22.5. The number of hydrogen-bond donors (Lipinski definition) is 10. The van der Waals surface area contributed by atoms with Crippen molar-refractivity contribution in [2.24, 2.45) is 5.92 Å². The van der Waals surface area contributed by atoms with Gasteiger partial charge in [-0.25, -0.2) is 0 Å². The van der Waals surface area contributed by atoms with Crippen LogP contribution >= 0.6 is 0 Å². The molecule has 1 saturated carbocycles. The van der Waals surface area contributed by atoms with E-state index in [4.69, 9.17) is 18.9 Å². The van der Waals surface area contributed by atoms with Crippen LogP contribution in [0.1, 0.15) is 135 Å². The summed E-state index contributed by atoms with van der Waals surface area (Å²) in [5.74, 6) is 2.25. The average molecular weight is 1010 g/mol. The lowest BCUT2D eigenvalue weighted by molar-refractivity contribution is -0.132. The molecule has 5 aromatic rings. The number of benzene rings is 4. The molecule has 2 aliphatic heterocycles. The zero-order valence-electron chi connectivity index (χ0n) is 44.0. The van der Waals surface area contributed by atoms with E-state index in [-0.39, 0.29) is 43.3 Å². The smallest absolute Gasteiger partial charge is 0.161 e. The maximum atomic E-state index is 11.8. The Kier molecular flexibility index (Phi) is 15.7. The molecule has 0 bridgehead atoms. The standard InChI is InChI=1S/C60H79N5O9/c1-35(2)27-59(3,70)31-62-33-63-32-60(72-34-65-41-11-7-6-8-12-41)28-48-45-26-47-52(37-13-17-49-36(22-37)19-20-64-49)40(29-61-4)24-46-50(68)18-16-43(53(46)47)54(45)57-44(15-14-42(30-67)73-57)56(48)74-58(60)39-23-38(10-9-21-66)55(69)51(25-39)71-5/h13,16-20,22-25,35,41-42,47,52,58,61-70H,6-12,14-15,21,26-34H2,1-5H3.